The van der Waals surface area contributed by atoms with Gasteiger partial charge in [-0.25, -0.2) is 4.79 Å². The van der Waals surface area contributed by atoms with Crippen LogP contribution in [0.3, 0.4) is 0 Å². The number of carbonyl (C=O) groups excluding carboxylic acids is 3. The van der Waals surface area contributed by atoms with Gasteiger partial charge >= 0.3 is 6.03 Å². The summed E-state index contributed by atoms with van der Waals surface area (Å²) in [5.74, 6) is 0.0720. The van der Waals surface area contributed by atoms with Crippen molar-refractivity contribution in [2.24, 2.45) is 0 Å². The molecule has 4 amide bonds. The van der Waals surface area contributed by atoms with Gasteiger partial charge in [0, 0.05) is 13.1 Å². The van der Waals surface area contributed by atoms with Crippen molar-refractivity contribution in [2.75, 3.05) is 26.7 Å². The van der Waals surface area contributed by atoms with E-state index in [1.54, 1.807) is 18.9 Å². The molecule has 178 valence electrons. The summed E-state index contributed by atoms with van der Waals surface area (Å²) < 4.78 is 5.28. The minimum Gasteiger partial charge on any atom is -0.497 e. The Kier molecular flexibility index (Phi) is 5.76. The third-order valence-electron chi connectivity index (χ3n) is 6.90. The number of methoxy groups -OCH3 is 1. The molecule has 7 heteroatoms. The van der Waals surface area contributed by atoms with Gasteiger partial charge in [-0.3, -0.25) is 14.5 Å². The molecule has 7 nitrogen and oxygen atoms in total. The fraction of sp³-hybridized carbons (Fsp3) is 0.250. The molecule has 0 spiro atoms. The van der Waals surface area contributed by atoms with E-state index in [-0.39, 0.29) is 12.5 Å². The SMILES string of the molecule is COc1ccc2cc(C3(C)NC(=O)N(CC(=O)N4CC=C(c5ccccc5)CC4)C3=O)ccc2c1. The van der Waals surface area contributed by atoms with Gasteiger partial charge in [-0.2, -0.15) is 0 Å². The van der Waals surface area contributed by atoms with Crippen molar-refractivity contribution in [1.82, 2.24) is 15.1 Å². The van der Waals surface area contributed by atoms with Gasteiger partial charge in [0.1, 0.15) is 17.8 Å². The Morgan fingerprint density at radius 3 is 2.49 bits per heavy atom. The molecule has 0 bridgehead atoms. The van der Waals surface area contributed by atoms with Crippen LogP contribution in [0.15, 0.2) is 72.8 Å². The largest absolute Gasteiger partial charge is 0.497 e. The van der Waals surface area contributed by atoms with Gasteiger partial charge in [0.15, 0.2) is 0 Å². The number of amides is 4. The molecule has 5 rings (SSSR count). The minimum absolute atomic E-state index is 0.244. The first-order valence-electron chi connectivity index (χ1n) is 11.6. The maximum Gasteiger partial charge on any atom is 0.325 e. The standard InChI is InChI=1S/C28H27N3O4/c1-28(23-10-8-22-17-24(35-2)11-9-21(22)16-23)26(33)31(27(34)29-28)18-25(32)30-14-12-20(13-15-30)19-6-4-3-5-7-19/h3-12,16-17H,13-15,18H2,1-2H3,(H,29,34). The van der Waals surface area contributed by atoms with E-state index in [0.29, 0.717) is 18.7 Å². The highest BCUT2D eigenvalue weighted by Gasteiger charge is 2.49. The summed E-state index contributed by atoms with van der Waals surface area (Å²) in [4.78, 5) is 41.8. The van der Waals surface area contributed by atoms with Crippen LogP contribution in [-0.4, -0.2) is 54.4 Å². The molecule has 2 aliphatic heterocycles. The van der Waals surface area contributed by atoms with E-state index >= 15 is 0 Å². The number of nitrogens with zero attached hydrogens (tertiary/aromatic N) is 2. The molecule has 3 aromatic carbocycles. The predicted molar refractivity (Wildman–Crippen MR) is 134 cm³/mol. The van der Waals surface area contributed by atoms with E-state index in [4.69, 9.17) is 4.74 Å². The zero-order chi connectivity index (χ0) is 24.6. The monoisotopic (exact) mass is 469 g/mol. The number of hydrogen-bond acceptors (Lipinski definition) is 4. The zero-order valence-electron chi connectivity index (χ0n) is 19.8. The smallest absolute Gasteiger partial charge is 0.325 e. The summed E-state index contributed by atoms with van der Waals surface area (Å²) in [6, 6.07) is 20.8. The van der Waals surface area contributed by atoms with Crippen molar-refractivity contribution >= 4 is 34.2 Å². The van der Waals surface area contributed by atoms with Gasteiger partial charge < -0.3 is 15.0 Å². The van der Waals surface area contributed by atoms with Crippen LogP contribution in [-0.2, 0) is 15.1 Å². The van der Waals surface area contributed by atoms with Crippen LogP contribution in [0.25, 0.3) is 16.3 Å². The third-order valence-corrected chi connectivity index (χ3v) is 6.90. The molecule has 0 radical (unpaired) electrons. The van der Waals surface area contributed by atoms with E-state index < -0.39 is 17.5 Å². The molecule has 1 fully saturated rings. The molecule has 2 aliphatic rings. The summed E-state index contributed by atoms with van der Waals surface area (Å²) in [5, 5.41) is 4.69. The Morgan fingerprint density at radius 1 is 1.03 bits per heavy atom. The van der Waals surface area contributed by atoms with Crippen LogP contribution >= 0.6 is 0 Å². The number of carbonyl (C=O) groups is 3. The Labute approximate surface area is 204 Å². The van der Waals surface area contributed by atoms with Crippen molar-refractivity contribution in [3.8, 4) is 5.75 Å². The highest BCUT2D eigenvalue weighted by atomic mass is 16.5. The number of benzene rings is 3. The molecular weight excluding hydrogens is 442 g/mol. The van der Waals surface area contributed by atoms with Crippen LogP contribution in [0, 0.1) is 0 Å². The van der Waals surface area contributed by atoms with Crippen molar-refractivity contribution in [2.45, 2.75) is 18.9 Å². The van der Waals surface area contributed by atoms with E-state index in [2.05, 4.69) is 17.4 Å². The lowest BCUT2D eigenvalue weighted by molar-refractivity contribution is -0.138. The van der Waals surface area contributed by atoms with E-state index in [0.717, 1.165) is 33.4 Å². The Morgan fingerprint density at radius 2 is 1.77 bits per heavy atom. The molecule has 0 aromatic heterocycles. The summed E-state index contributed by atoms with van der Waals surface area (Å²) in [6.45, 7) is 2.41. The molecule has 0 aliphatic carbocycles. The van der Waals surface area contributed by atoms with Gasteiger partial charge in [0.25, 0.3) is 5.91 Å². The lowest BCUT2D eigenvalue weighted by Gasteiger charge is -2.28. The predicted octanol–water partition coefficient (Wildman–Crippen LogP) is 3.93. The van der Waals surface area contributed by atoms with Gasteiger partial charge in [-0.05, 0) is 59.0 Å². The molecular formula is C28H27N3O4. The quantitative estimate of drug-likeness (QED) is 0.575. The summed E-state index contributed by atoms with van der Waals surface area (Å²) in [7, 11) is 1.61. The van der Waals surface area contributed by atoms with Crippen molar-refractivity contribution in [1.29, 1.82) is 0 Å². The molecule has 1 saturated heterocycles. The fourth-order valence-corrected chi connectivity index (χ4v) is 4.74. The second-order valence-electron chi connectivity index (χ2n) is 9.06. The molecule has 0 saturated carbocycles. The van der Waals surface area contributed by atoms with Gasteiger partial charge in [0.2, 0.25) is 5.91 Å². The lowest BCUT2D eigenvalue weighted by atomic mass is 9.90. The number of hydrogen-bond donors (Lipinski definition) is 1. The van der Waals surface area contributed by atoms with Crippen LogP contribution < -0.4 is 10.1 Å². The van der Waals surface area contributed by atoms with E-state index in [9.17, 15) is 14.4 Å². The zero-order valence-corrected chi connectivity index (χ0v) is 19.8. The number of rotatable bonds is 5. The maximum absolute atomic E-state index is 13.4. The average molecular weight is 470 g/mol. The number of nitrogens with one attached hydrogen (secondary N) is 1. The molecule has 1 unspecified atom stereocenters. The van der Waals surface area contributed by atoms with Gasteiger partial charge in [-0.1, -0.05) is 54.6 Å². The second kappa shape index (κ2) is 8.91. The molecule has 35 heavy (non-hydrogen) atoms. The Balaban J connectivity index is 1.30. The normalized spacial score (nSPS) is 20.1. The highest BCUT2D eigenvalue weighted by molar-refractivity contribution is 6.09. The molecule has 2 heterocycles. The Bertz CT molecular complexity index is 1350. The summed E-state index contributed by atoms with van der Waals surface area (Å²) >= 11 is 0. The fourth-order valence-electron chi connectivity index (χ4n) is 4.74. The topological polar surface area (TPSA) is 79.0 Å². The first kappa shape index (κ1) is 22.7. The first-order valence-corrected chi connectivity index (χ1v) is 11.6. The summed E-state index contributed by atoms with van der Waals surface area (Å²) in [6.07, 6.45) is 2.77. The van der Waals surface area contributed by atoms with Crippen LogP contribution in [0.2, 0.25) is 0 Å². The van der Waals surface area contributed by atoms with Crippen molar-refractivity contribution < 1.29 is 19.1 Å². The van der Waals surface area contributed by atoms with E-state index in [1.807, 2.05) is 60.7 Å². The van der Waals surface area contributed by atoms with Crippen LogP contribution in [0.5, 0.6) is 5.75 Å². The number of imide groups is 1. The summed E-state index contributed by atoms with van der Waals surface area (Å²) in [5.41, 5.74) is 1.77. The van der Waals surface area contributed by atoms with Crippen molar-refractivity contribution in [3.05, 3.63) is 83.9 Å². The minimum atomic E-state index is -1.24. The Hall–Kier alpha value is -4.13. The van der Waals surface area contributed by atoms with Crippen LogP contribution in [0.1, 0.15) is 24.5 Å². The molecule has 1 atom stereocenters. The van der Waals surface area contributed by atoms with Crippen molar-refractivity contribution in [3.63, 3.8) is 0 Å². The van der Waals surface area contributed by atoms with Crippen LogP contribution in [0.4, 0.5) is 4.79 Å². The number of ether oxygens (including phenoxy) is 1. The average Bonchev–Trinajstić information content (AvgIpc) is 3.12. The molecule has 1 N–H and O–H groups in total. The first-order chi connectivity index (χ1) is 16.9. The molecule has 3 aromatic rings. The number of urea groups is 1. The second-order valence-corrected chi connectivity index (χ2v) is 9.06. The van der Waals surface area contributed by atoms with Gasteiger partial charge in [-0.15, -0.1) is 0 Å². The third kappa shape index (κ3) is 4.14. The maximum atomic E-state index is 13.4. The van der Waals surface area contributed by atoms with Gasteiger partial charge in [0.05, 0.1) is 7.11 Å². The number of fused-ring (bicyclic) bond motifs is 1. The van der Waals surface area contributed by atoms with E-state index in [1.165, 1.54) is 5.57 Å². The lowest BCUT2D eigenvalue weighted by Crippen LogP contribution is -2.45. The highest BCUT2D eigenvalue weighted by Crippen LogP contribution is 2.32.